The number of aromatic nitrogens is 1. The molecule has 0 aromatic carbocycles. The van der Waals surface area contributed by atoms with Crippen molar-refractivity contribution >= 4 is 12.1 Å². The van der Waals surface area contributed by atoms with Crippen LogP contribution in [0.1, 0.15) is 49.5 Å². The van der Waals surface area contributed by atoms with Gasteiger partial charge in [0.2, 0.25) is 0 Å². The highest BCUT2D eigenvalue weighted by atomic mass is 16.5. The van der Waals surface area contributed by atoms with E-state index >= 15 is 0 Å². The molecule has 1 fully saturated rings. The quantitative estimate of drug-likeness (QED) is 0.667. The van der Waals surface area contributed by atoms with E-state index < -0.39 is 0 Å². The third kappa shape index (κ3) is 3.60. The molecular formula is C16H25N3O2. The number of anilines is 1. The Morgan fingerprint density at radius 2 is 2.10 bits per heavy atom. The number of nitrogens with zero attached hydrogens (tertiary/aromatic N) is 2. The van der Waals surface area contributed by atoms with Crippen LogP contribution >= 0.6 is 0 Å². The normalized spacial score (nSPS) is 22.0. The van der Waals surface area contributed by atoms with Crippen LogP contribution in [-0.2, 0) is 10.2 Å². The lowest BCUT2D eigenvalue weighted by molar-refractivity contribution is -0.0129. The van der Waals surface area contributed by atoms with Crippen molar-refractivity contribution in [2.45, 2.75) is 51.2 Å². The van der Waals surface area contributed by atoms with Crippen molar-refractivity contribution < 1.29 is 9.53 Å². The minimum Gasteiger partial charge on any atom is -0.381 e. The highest BCUT2D eigenvalue weighted by Crippen LogP contribution is 2.28. The Morgan fingerprint density at radius 3 is 2.62 bits per heavy atom. The maximum absolute atomic E-state index is 11.3. The van der Waals surface area contributed by atoms with Crippen molar-refractivity contribution in [2.75, 3.05) is 19.6 Å². The van der Waals surface area contributed by atoms with Gasteiger partial charge in [-0.2, -0.15) is 0 Å². The Kier molecular flexibility index (Phi) is 4.64. The summed E-state index contributed by atoms with van der Waals surface area (Å²) in [4.78, 5) is 15.7. The molecule has 5 heteroatoms. The molecular weight excluding hydrogens is 266 g/mol. The fraction of sp³-hybridized carbons (Fsp3) is 0.625. The lowest BCUT2D eigenvalue weighted by atomic mass is 9.87. The van der Waals surface area contributed by atoms with Gasteiger partial charge in [-0.15, -0.1) is 0 Å². The average Bonchev–Trinajstić information content (AvgIpc) is 2.36. The summed E-state index contributed by atoms with van der Waals surface area (Å²) in [6, 6.07) is 2.33. The highest BCUT2D eigenvalue weighted by Gasteiger charge is 2.32. The maximum atomic E-state index is 11.3. The number of hydrogen-bond donors (Lipinski definition) is 1. The molecule has 0 amide bonds. The predicted molar refractivity (Wildman–Crippen MR) is 83.5 cm³/mol. The Hall–Kier alpha value is -1.46. The Morgan fingerprint density at radius 1 is 1.43 bits per heavy atom. The highest BCUT2D eigenvalue weighted by molar-refractivity contribution is 5.82. The first-order valence-corrected chi connectivity index (χ1v) is 7.33. The van der Waals surface area contributed by atoms with Crippen LogP contribution in [0.15, 0.2) is 12.3 Å². The number of methoxy groups -OCH3 is 1. The monoisotopic (exact) mass is 291 g/mol. The van der Waals surface area contributed by atoms with Gasteiger partial charge < -0.3 is 10.2 Å². The summed E-state index contributed by atoms with van der Waals surface area (Å²) in [5, 5.41) is 2.02. The van der Waals surface area contributed by atoms with Crippen molar-refractivity contribution in [1.82, 2.24) is 9.99 Å². The molecule has 0 unspecified atom stereocenters. The lowest BCUT2D eigenvalue weighted by Crippen LogP contribution is -2.48. The smallest absolute Gasteiger partial charge is 0.153 e. The van der Waals surface area contributed by atoms with Crippen LogP contribution in [0.2, 0.25) is 0 Å². The topological polar surface area (TPSA) is 54.5 Å². The van der Waals surface area contributed by atoms with Crippen molar-refractivity contribution in [1.29, 1.82) is 0 Å². The van der Waals surface area contributed by atoms with E-state index in [1.54, 1.807) is 7.11 Å². The molecule has 0 radical (unpaired) electrons. The maximum Gasteiger partial charge on any atom is 0.153 e. The van der Waals surface area contributed by atoms with Crippen LogP contribution in [0.5, 0.6) is 0 Å². The first kappa shape index (κ1) is 15.9. The summed E-state index contributed by atoms with van der Waals surface area (Å²) < 4.78 is 5.29. The van der Waals surface area contributed by atoms with Gasteiger partial charge in [0.1, 0.15) is 0 Å². The van der Waals surface area contributed by atoms with Crippen LogP contribution in [0.4, 0.5) is 5.82 Å². The molecule has 1 heterocycles. The van der Waals surface area contributed by atoms with Crippen molar-refractivity contribution in [3.05, 3.63) is 23.4 Å². The molecule has 1 aromatic heterocycles. The largest absolute Gasteiger partial charge is 0.381 e. The third-order valence-electron chi connectivity index (χ3n) is 4.14. The van der Waals surface area contributed by atoms with Crippen molar-refractivity contribution in [3.8, 4) is 0 Å². The molecule has 0 aliphatic heterocycles. The van der Waals surface area contributed by atoms with Gasteiger partial charge in [-0.3, -0.25) is 4.79 Å². The fourth-order valence-corrected chi connectivity index (χ4v) is 2.38. The number of pyridine rings is 1. The molecule has 21 heavy (non-hydrogen) atoms. The number of carbonyl (C=O) groups excluding carboxylic acids is 1. The summed E-state index contributed by atoms with van der Waals surface area (Å²) in [5.41, 5.74) is 4.85. The van der Waals surface area contributed by atoms with Gasteiger partial charge in [-0.05, 0) is 29.9 Å². The Bertz CT molecular complexity index is 505. The number of aldehydes is 1. The summed E-state index contributed by atoms with van der Waals surface area (Å²) in [5.74, 6) is 0.612. The molecule has 0 atom stereocenters. The minimum absolute atomic E-state index is 0.0190. The molecule has 1 aliphatic rings. The average molecular weight is 291 g/mol. The van der Waals surface area contributed by atoms with Gasteiger partial charge in [0.05, 0.1) is 11.7 Å². The molecule has 116 valence electrons. The van der Waals surface area contributed by atoms with Gasteiger partial charge >= 0.3 is 0 Å². The van der Waals surface area contributed by atoms with E-state index in [1.807, 2.05) is 24.3 Å². The van der Waals surface area contributed by atoms with Crippen LogP contribution in [0.25, 0.3) is 0 Å². The van der Waals surface area contributed by atoms with E-state index in [-0.39, 0.29) is 5.41 Å². The van der Waals surface area contributed by atoms with E-state index in [1.165, 1.54) is 0 Å². The van der Waals surface area contributed by atoms with Crippen LogP contribution in [0.3, 0.4) is 0 Å². The zero-order valence-corrected chi connectivity index (χ0v) is 13.5. The number of hydrogen-bond acceptors (Lipinski definition) is 5. The summed E-state index contributed by atoms with van der Waals surface area (Å²) in [6.45, 7) is 6.32. The zero-order chi connectivity index (χ0) is 15.6. The van der Waals surface area contributed by atoms with E-state index in [0.29, 0.717) is 23.5 Å². The predicted octanol–water partition coefficient (Wildman–Crippen LogP) is 2.63. The number of rotatable bonds is 5. The molecule has 1 saturated carbocycles. The fourth-order valence-electron chi connectivity index (χ4n) is 2.38. The van der Waals surface area contributed by atoms with Gasteiger partial charge in [-0.1, -0.05) is 20.8 Å². The first-order chi connectivity index (χ1) is 9.85. The molecule has 0 bridgehead atoms. The third-order valence-corrected chi connectivity index (χ3v) is 4.14. The number of nitrogens with one attached hydrogen (secondary N) is 1. The second-order valence-corrected chi connectivity index (χ2v) is 6.74. The Balaban J connectivity index is 2.08. The SMILES string of the molecule is COC1CC(N(C)Nc2ncc(C(C)(C)C)cc2C=O)C1. The lowest BCUT2D eigenvalue weighted by Gasteiger charge is -2.40. The van der Waals surface area contributed by atoms with E-state index in [4.69, 9.17) is 4.74 Å². The van der Waals surface area contributed by atoms with Crippen molar-refractivity contribution in [3.63, 3.8) is 0 Å². The van der Waals surface area contributed by atoms with Gasteiger partial charge in [-0.25, -0.2) is 9.99 Å². The number of carbonyl (C=O) groups is 1. The standard InChI is InChI=1S/C16H25N3O2/c1-16(2,3)12-6-11(10-20)15(17-9-12)18-19(4)13-7-14(8-13)21-5/h6,9-10,13-14H,7-8H2,1-5H3,(H,17,18). The van der Waals surface area contributed by atoms with E-state index in [2.05, 4.69) is 31.2 Å². The molecule has 0 saturated heterocycles. The van der Waals surface area contributed by atoms with Gasteiger partial charge in [0.25, 0.3) is 0 Å². The van der Waals surface area contributed by atoms with E-state index in [9.17, 15) is 4.79 Å². The van der Waals surface area contributed by atoms with Crippen LogP contribution in [-0.4, -0.2) is 42.6 Å². The number of hydrazine groups is 1. The van der Waals surface area contributed by atoms with Gasteiger partial charge in [0.15, 0.2) is 12.1 Å². The molecule has 0 spiro atoms. The number of ether oxygens (including phenoxy) is 1. The van der Waals surface area contributed by atoms with E-state index in [0.717, 1.165) is 24.7 Å². The summed E-state index contributed by atoms with van der Waals surface area (Å²) >= 11 is 0. The molecule has 1 N–H and O–H groups in total. The van der Waals surface area contributed by atoms with Crippen LogP contribution < -0.4 is 5.43 Å². The molecule has 2 rings (SSSR count). The molecule has 5 nitrogen and oxygen atoms in total. The first-order valence-electron chi connectivity index (χ1n) is 7.33. The van der Waals surface area contributed by atoms with Crippen molar-refractivity contribution in [2.24, 2.45) is 0 Å². The second kappa shape index (κ2) is 6.12. The minimum atomic E-state index is -0.0190. The Labute approximate surface area is 126 Å². The molecule has 1 aromatic rings. The second-order valence-electron chi connectivity index (χ2n) is 6.74. The zero-order valence-electron chi connectivity index (χ0n) is 13.5. The van der Waals surface area contributed by atoms with Crippen LogP contribution in [0, 0.1) is 0 Å². The summed E-state index contributed by atoms with van der Waals surface area (Å²) in [7, 11) is 3.72. The molecule has 1 aliphatic carbocycles. The summed E-state index contributed by atoms with van der Waals surface area (Å²) in [6.07, 6.45) is 5.03. The van der Waals surface area contributed by atoms with Gasteiger partial charge in [0, 0.05) is 26.4 Å².